The molecule has 0 bridgehead atoms. The molecule has 0 saturated carbocycles. The quantitative estimate of drug-likeness (QED) is 0.609. The van der Waals surface area contributed by atoms with E-state index < -0.39 is 18.5 Å². The highest BCUT2D eigenvalue weighted by Gasteiger charge is 2.18. The lowest BCUT2D eigenvalue weighted by Crippen LogP contribution is -2.31. The van der Waals surface area contributed by atoms with Gasteiger partial charge in [-0.2, -0.15) is 0 Å². The molecule has 6 nitrogen and oxygen atoms in total. The number of methoxy groups -OCH3 is 1. The summed E-state index contributed by atoms with van der Waals surface area (Å²) >= 11 is 6.25. The van der Waals surface area contributed by atoms with Crippen molar-refractivity contribution < 1.29 is 23.8 Å². The van der Waals surface area contributed by atoms with E-state index in [4.69, 9.17) is 25.8 Å². The molecule has 0 aliphatic rings. The van der Waals surface area contributed by atoms with Gasteiger partial charge in [0.1, 0.15) is 0 Å². The average molecular weight is 420 g/mol. The zero-order valence-electron chi connectivity index (χ0n) is 17.0. The van der Waals surface area contributed by atoms with E-state index in [0.29, 0.717) is 24.0 Å². The number of carbonyl (C=O) groups is 2. The lowest BCUT2D eigenvalue weighted by molar-refractivity contribution is -0.124. The summed E-state index contributed by atoms with van der Waals surface area (Å²) in [5, 5.41) is 3.02. The van der Waals surface area contributed by atoms with Gasteiger partial charge in [-0.15, -0.1) is 0 Å². The summed E-state index contributed by atoms with van der Waals surface area (Å²) in [6.07, 6.45) is 0. The predicted molar refractivity (Wildman–Crippen MR) is 112 cm³/mol. The Labute approximate surface area is 176 Å². The molecule has 7 heteroatoms. The molecule has 0 unspecified atom stereocenters. The molecule has 0 heterocycles. The third kappa shape index (κ3) is 6.68. The average Bonchev–Trinajstić information content (AvgIpc) is 2.70. The van der Waals surface area contributed by atoms with Gasteiger partial charge in [-0.05, 0) is 30.5 Å². The fourth-order valence-electron chi connectivity index (χ4n) is 2.55. The number of halogens is 1. The van der Waals surface area contributed by atoms with Crippen molar-refractivity contribution in [2.24, 2.45) is 5.92 Å². The molecule has 29 heavy (non-hydrogen) atoms. The van der Waals surface area contributed by atoms with Crippen molar-refractivity contribution in [3.8, 4) is 11.5 Å². The van der Waals surface area contributed by atoms with Crippen molar-refractivity contribution in [2.45, 2.75) is 26.8 Å². The molecule has 1 atom stereocenters. The lowest BCUT2D eigenvalue weighted by Gasteiger charge is -2.16. The number of benzene rings is 2. The van der Waals surface area contributed by atoms with Crippen LogP contribution in [0, 0.1) is 5.92 Å². The van der Waals surface area contributed by atoms with E-state index in [1.54, 1.807) is 0 Å². The number of esters is 1. The van der Waals surface area contributed by atoms with E-state index in [1.165, 1.54) is 19.2 Å². The summed E-state index contributed by atoms with van der Waals surface area (Å²) in [6.45, 7) is 5.93. The van der Waals surface area contributed by atoms with E-state index in [-0.39, 0.29) is 16.6 Å². The Morgan fingerprint density at radius 3 is 2.41 bits per heavy atom. The van der Waals surface area contributed by atoms with Gasteiger partial charge < -0.3 is 19.5 Å². The summed E-state index contributed by atoms with van der Waals surface area (Å²) in [5.41, 5.74) is 1.13. The monoisotopic (exact) mass is 419 g/mol. The summed E-state index contributed by atoms with van der Waals surface area (Å²) in [5.74, 6) is -0.0777. The van der Waals surface area contributed by atoms with Crippen molar-refractivity contribution in [1.82, 2.24) is 5.32 Å². The third-order valence-corrected chi connectivity index (χ3v) is 4.32. The van der Waals surface area contributed by atoms with Crippen molar-refractivity contribution >= 4 is 23.5 Å². The van der Waals surface area contributed by atoms with Crippen LogP contribution in [0.3, 0.4) is 0 Å². The fourth-order valence-corrected chi connectivity index (χ4v) is 2.82. The van der Waals surface area contributed by atoms with Crippen LogP contribution in [0.2, 0.25) is 5.02 Å². The lowest BCUT2D eigenvalue weighted by atomic mass is 10.1. The highest BCUT2D eigenvalue weighted by atomic mass is 35.5. The van der Waals surface area contributed by atoms with Crippen LogP contribution in [0.15, 0.2) is 42.5 Å². The van der Waals surface area contributed by atoms with Crippen molar-refractivity contribution in [3.05, 3.63) is 58.6 Å². The molecular formula is C22H26ClNO5. The maximum Gasteiger partial charge on any atom is 0.338 e. The molecule has 0 fully saturated rings. The Bertz CT molecular complexity index is 839. The summed E-state index contributed by atoms with van der Waals surface area (Å²) in [4.78, 5) is 24.4. The first-order valence-electron chi connectivity index (χ1n) is 9.33. The van der Waals surface area contributed by atoms with Crippen LogP contribution in [-0.2, 0) is 9.53 Å². The number of hydrogen-bond acceptors (Lipinski definition) is 5. The number of carbonyl (C=O) groups excluding carboxylic acids is 2. The van der Waals surface area contributed by atoms with Crippen molar-refractivity contribution in [3.63, 3.8) is 0 Å². The first kappa shape index (κ1) is 22.6. The standard InChI is InChI=1S/C22H26ClNO5/c1-14(2)12-28-21-18(23)10-17(11-19(21)27-4)22(26)29-13-20(25)24-15(3)16-8-6-5-7-9-16/h5-11,14-15H,12-13H2,1-4H3,(H,24,25)/t15-/m1/s1. The van der Waals surface area contributed by atoms with Gasteiger partial charge in [-0.1, -0.05) is 55.8 Å². The molecule has 0 saturated heterocycles. The van der Waals surface area contributed by atoms with E-state index in [1.807, 2.05) is 51.1 Å². The van der Waals surface area contributed by atoms with Gasteiger partial charge in [-0.3, -0.25) is 4.79 Å². The van der Waals surface area contributed by atoms with Gasteiger partial charge >= 0.3 is 5.97 Å². The maximum atomic E-state index is 12.3. The normalized spacial score (nSPS) is 11.7. The third-order valence-electron chi connectivity index (χ3n) is 4.04. The van der Waals surface area contributed by atoms with Gasteiger partial charge in [0, 0.05) is 0 Å². The van der Waals surface area contributed by atoms with E-state index >= 15 is 0 Å². The Kier molecular flexibility index (Phi) is 8.34. The number of hydrogen-bond donors (Lipinski definition) is 1. The van der Waals surface area contributed by atoms with Gasteiger partial charge in [0.25, 0.3) is 5.91 Å². The molecule has 2 aromatic carbocycles. The highest BCUT2D eigenvalue weighted by molar-refractivity contribution is 6.32. The zero-order chi connectivity index (χ0) is 21.4. The van der Waals surface area contributed by atoms with Crippen LogP contribution in [-0.4, -0.2) is 32.2 Å². The van der Waals surface area contributed by atoms with Gasteiger partial charge in [0.2, 0.25) is 0 Å². The van der Waals surface area contributed by atoms with Crippen molar-refractivity contribution in [1.29, 1.82) is 0 Å². The molecule has 1 N–H and O–H groups in total. The molecule has 0 aliphatic heterocycles. The first-order chi connectivity index (χ1) is 13.8. The number of nitrogens with one attached hydrogen (secondary N) is 1. The first-order valence-corrected chi connectivity index (χ1v) is 9.71. The van der Waals surface area contributed by atoms with Crippen LogP contribution in [0.25, 0.3) is 0 Å². The van der Waals surface area contributed by atoms with Crippen molar-refractivity contribution in [2.75, 3.05) is 20.3 Å². The van der Waals surface area contributed by atoms with E-state index in [0.717, 1.165) is 5.56 Å². The Balaban J connectivity index is 1.97. The van der Waals surface area contributed by atoms with Gasteiger partial charge in [0.15, 0.2) is 18.1 Å². The minimum Gasteiger partial charge on any atom is -0.493 e. The second-order valence-electron chi connectivity index (χ2n) is 6.97. The second-order valence-corrected chi connectivity index (χ2v) is 7.38. The van der Waals surface area contributed by atoms with Gasteiger partial charge in [-0.25, -0.2) is 4.79 Å². The Morgan fingerprint density at radius 1 is 1.10 bits per heavy atom. The largest absolute Gasteiger partial charge is 0.493 e. The Morgan fingerprint density at radius 2 is 1.79 bits per heavy atom. The number of ether oxygens (including phenoxy) is 3. The molecule has 2 rings (SSSR count). The summed E-state index contributed by atoms with van der Waals surface area (Å²) in [6, 6.07) is 12.2. The topological polar surface area (TPSA) is 73.9 Å². The Hall–Kier alpha value is -2.73. The predicted octanol–water partition coefficient (Wildman–Crippen LogP) is 4.42. The van der Waals surface area contributed by atoms with Crippen LogP contribution in [0.4, 0.5) is 0 Å². The van der Waals surface area contributed by atoms with Crippen LogP contribution >= 0.6 is 11.6 Å². The zero-order valence-corrected chi connectivity index (χ0v) is 17.8. The maximum absolute atomic E-state index is 12.3. The smallest absolute Gasteiger partial charge is 0.338 e. The molecule has 0 spiro atoms. The fraction of sp³-hybridized carbons (Fsp3) is 0.364. The van der Waals surface area contributed by atoms with Crippen LogP contribution in [0.5, 0.6) is 11.5 Å². The van der Waals surface area contributed by atoms with E-state index in [2.05, 4.69) is 5.32 Å². The molecule has 1 amide bonds. The minimum atomic E-state index is -0.678. The molecule has 2 aromatic rings. The van der Waals surface area contributed by atoms with Crippen LogP contribution in [0.1, 0.15) is 42.7 Å². The minimum absolute atomic E-state index is 0.174. The highest BCUT2D eigenvalue weighted by Crippen LogP contribution is 2.36. The summed E-state index contributed by atoms with van der Waals surface area (Å²) < 4.78 is 16.1. The number of rotatable bonds is 9. The molecule has 0 radical (unpaired) electrons. The number of amides is 1. The van der Waals surface area contributed by atoms with E-state index in [9.17, 15) is 9.59 Å². The molecular weight excluding hydrogens is 394 g/mol. The van der Waals surface area contributed by atoms with Crippen LogP contribution < -0.4 is 14.8 Å². The summed E-state index contributed by atoms with van der Waals surface area (Å²) in [7, 11) is 1.46. The second kappa shape index (κ2) is 10.7. The SMILES string of the molecule is COc1cc(C(=O)OCC(=O)N[C@H](C)c2ccccc2)cc(Cl)c1OCC(C)C. The molecule has 0 aliphatic carbocycles. The molecule has 156 valence electrons. The van der Waals surface area contributed by atoms with Gasteiger partial charge in [0.05, 0.1) is 30.3 Å². The molecule has 0 aromatic heterocycles.